The minimum atomic E-state index is -0.541. The number of hydrogen-bond acceptors (Lipinski definition) is 5. The van der Waals surface area contributed by atoms with Crippen molar-refractivity contribution in [3.63, 3.8) is 0 Å². The van der Waals surface area contributed by atoms with Gasteiger partial charge in [-0.25, -0.2) is 0 Å². The first-order valence-electron chi connectivity index (χ1n) is 9.55. The molecule has 3 aliphatic rings. The van der Waals surface area contributed by atoms with Gasteiger partial charge in [-0.2, -0.15) is 0 Å². The van der Waals surface area contributed by atoms with Crippen molar-refractivity contribution in [1.29, 1.82) is 0 Å². The van der Waals surface area contributed by atoms with Crippen LogP contribution in [0, 0.1) is 5.92 Å². The van der Waals surface area contributed by atoms with Crippen molar-refractivity contribution in [3.05, 3.63) is 0 Å². The van der Waals surface area contributed by atoms with E-state index in [2.05, 4.69) is 56.2 Å². The van der Waals surface area contributed by atoms with Crippen molar-refractivity contribution in [2.24, 2.45) is 5.92 Å². The second-order valence-electron chi connectivity index (χ2n) is 9.84. The number of β-amino-alcohol motifs (C(OH)–C–C–N with tert-alkyl or cyclic N) is 1. The third-order valence-corrected chi connectivity index (χ3v) is 6.58. The Morgan fingerprint density at radius 2 is 1.54 bits per heavy atom. The maximum absolute atomic E-state index is 9.95. The Hall–Kier alpha value is -0.200. The summed E-state index contributed by atoms with van der Waals surface area (Å²) in [6, 6.07) is 0.666. The van der Waals surface area contributed by atoms with E-state index in [1.54, 1.807) is 0 Å². The average Bonchev–Trinajstić information content (AvgIpc) is 2.26. The van der Waals surface area contributed by atoms with Gasteiger partial charge in [-0.3, -0.25) is 9.80 Å². The molecule has 3 aliphatic heterocycles. The molecular weight excluding hydrogens is 302 g/mol. The summed E-state index contributed by atoms with van der Waals surface area (Å²) in [5.74, 6) is 0.763. The van der Waals surface area contributed by atoms with Gasteiger partial charge in [0.2, 0.25) is 0 Å². The predicted octanol–water partition coefficient (Wildman–Crippen LogP) is 1.61. The van der Waals surface area contributed by atoms with E-state index < -0.39 is 5.60 Å². The van der Waals surface area contributed by atoms with E-state index in [0.29, 0.717) is 25.2 Å². The Labute approximate surface area is 147 Å². The molecule has 0 aliphatic carbocycles. The van der Waals surface area contributed by atoms with Gasteiger partial charge in [-0.1, -0.05) is 0 Å². The van der Waals surface area contributed by atoms with Crippen molar-refractivity contribution < 1.29 is 9.84 Å². The lowest BCUT2D eigenvalue weighted by atomic mass is 9.77. The molecule has 1 N–H and O–H groups in total. The molecular formula is C19H37N3O2. The maximum Gasteiger partial charge on any atom is 0.116 e. The molecule has 0 atom stereocenters. The lowest BCUT2D eigenvalue weighted by Crippen LogP contribution is -2.72. The first-order chi connectivity index (χ1) is 10.9. The number of nitrogens with zero attached hydrogens (tertiary/aromatic N) is 3. The molecule has 5 heteroatoms. The quantitative estimate of drug-likeness (QED) is 0.796. The molecule has 140 valence electrons. The maximum atomic E-state index is 9.95. The lowest BCUT2D eigenvalue weighted by Gasteiger charge is -2.59. The fourth-order valence-corrected chi connectivity index (χ4v) is 4.26. The highest BCUT2D eigenvalue weighted by atomic mass is 16.5. The molecule has 0 aromatic heterocycles. The third kappa shape index (κ3) is 3.38. The summed E-state index contributed by atoms with van der Waals surface area (Å²) in [5.41, 5.74) is -0.565. The summed E-state index contributed by atoms with van der Waals surface area (Å²) in [7, 11) is 0. The number of ether oxygens (including phenoxy) is 1. The van der Waals surface area contributed by atoms with E-state index in [1.165, 1.54) is 13.1 Å². The minimum Gasteiger partial charge on any atom is -0.387 e. The van der Waals surface area contributed by atoms with Gasteiger partial charge < -0.3 is 14.7 Å². The van der Waals surface area contributed by atoms with Gasteiger partial charge in [0.25, 0.3) is 0 Å². The van der Waals surface area contributed by atoms with Crippen LogP contribution >= 0.6 is 0 Å². The Bertz CT molecular complexity index is 455. The molecule has 3 fully saturated rings. The van der Waals surface area contributed by atoms with Crippen LogP contribution in [0.4, 0.5) is 0 Å². The van der Waals surface area contributed by atoms with Crippen LogP contribution in [0.2, 0.25) is 0 Å². The van der Waals surface area contributed by atoms with E-state index in [9.17, 15) is 5.11 Å². The van der Waals surface area contributed by atoms with Gasteiger partial charge in [-0.05, 0) is 48.5 Å². The van der Waals surface area contributed by atoms with Crippen molar-refractivity contribution in [1.82, 2.24) is 14.7 Å². The van der Waals surface area contributed by atoms with Crippen molar-refractivity contribution in [2.75, 3.05) is 39.3 Å². The number of hydrogen-bond donors (Lipinski definition) is 1. The van der Waals surface area contributed by atoms with Crippen LogP contribution in [-0.2, 0) is 4.74 Å². The van der Waals surface area contributed by atoms with Gasteiger partial charge in [0.05, 0.1) is 11.7 Å². The topological polar surface area (TPSA) is 39.2 Å². The van der Waals surface area contributed by atoms with Gasteiger partial charge in [0.1, 0.15) is 5.72 Å². The second-order valence-corrected chi connectivity index (χ2v) is 9.84. The van der Waals surface area contributed by atoms with Gasteiger partial charge in [-0.15, -0.1) is 0 Å². The van der Waals surface area contributed by atoms with Gasteiger partial charge in [0, 0.05) is 56.8 Å². The Morgan fingerprint density at radius 3 is 2.00 bits per heavy atom. The van der Waals surface area contributed by atoms with Gasteiger partial charge in [0.15, 0.2) is 0 Å². The molecule has 0 spiro atoms. The molecule has 0 aromatic rings. The minimum absolute atomic E-state index is 0.260. The van der Waals surface area contributed by atoms with Crippen molar-refractivity contribution in [3.8, 4) is 0 Å². The van der Waals surface area contributed by atoms with Crippen LogP contribution in [0.3, 0.4) is 0 Å². The monoisotopic (exact) mass is 339 g/mol. The molecule has 24 heavy (non-hydrogen) atoms. The van der Waals surface area contributed by atoms with Crippen molar-refractivity contribution >= 4 is 0 Å². The van der Waals surface area contributed by atoms with Crippen LogP contribution < -0.4 is 0 Å². The van der Waals surface area contributed by atoms with E-state index in [-0.39, 0.29) is 11.3 Å². The summed E-state index contributed by atoms with van der Waals surface area (Å²) < 4.78 is 6.35. The van der Waals surface area contributed by atoms with E-state index in [1.807, 2.05) is 6.92 Å². The SMILES string of the molecule is CC(C)N1CC(C(C)(C)N2CC(OC(C)(C)N3CC(C)(O)C3)C2)C1. The van der Waals surface area contributed by atoms with Crippen LogP contribution in [0.5, 0.6) is 0 Å². The zero-order valence-corrected chi connectivity index (χ0v) is 16.7. The summed E-state index contributed by atoms with van der Waals surface area (Å²) in [4.78, 5) is 7.37. The van der Waals surface area contributed by atoms with Crippen LogP contribution in [0.1, 0.15) is 48.5 Å². The van der Waals surface area contributed by atoms with Gasteiger partial charge >= 0.3 is 0 Å². The van der Waals surface area contributed by atoms with E-state index >= 15 is 0 Å². The van der Waals surface area contributed by atoms with E-state index in [4.69, 9.17) is 4.74 Å². The molecule has 0 unspecified atom stereocenters. The first-order valence-corrected chi connectivity index (χ1v) is 9.55. The largest absolute Gasteiger partial charge is 0.387 e. The number of rotatable bonds is 6. The Kier molecular flexibility index (Phi) is 4.58. The second kappa shape index (κ2) is 5.92. The number of aliphatic hydroxyl groups is 1. The van der Waals surface area contributed by atoms with Crippen LogP contribution in [-0.4, -0.2) is 88.1 Å². The zero-order chi connectivity index (χ0) is 17.9. The summed E-state index contributed by atoms with van der Waals surface area (Å²) in [6.07, 6.45) is 0.311. The summed E-state index contributed by atoms with van der Waals surface area (Å²) >= 11 is 0. The highest BCUT2D eigenvalue weighted by Gasteiger charge is 2.50. The molecule has 3 saturated heterocycles. The Balaban J connectivity index is 1.44. The average molecular weight is 340 g/mol. The van der Waals surface area contributed by atoms with Crippen LogP contribution in [0.25, 0.3) is 0 Å². The van der Waals surface area contributed by atoms with Crippen LogP contribution in [0.15, 0.2) is 0 Å². The summed E-state index contributed by atoms with van der Waals surface area (Å²) in [5, 5.41) is 9.95. The fourth-order valence-electron chi connectivity index (χ4n) is 4.26. The van der Waals surface area contributed by atoms with Crippen molar-refractivity contribution in [2.45, 2.75) is 77.5 Å². The molecule has 5 nitrogen and oxygen atoms in total. The lowest BCUT2D eigenvalue weighted by molar-refractivity contribution is -0.257. The molecule has 0 aromatic carbocycles. The molecule has 3 heterocycles. The fraction of sp³-hybridized carbons (Fsp3) is 1.00. The molecule has 3 rings (SSSR count). The highest BCUT2D eigenvalue weighted by molar-refractivity contribution is 5.03. The molecule has 0 bridgehead atoms. The van der Waals surface area contributed by atoms with E-state index in [0.717, 1.165) is 19.0 Å². The predicted molar refractivity (Wildman–Crippen MR) is 97.0 cm³/mol. The molecule has 0 saturated carbocycles. The standard InChI is InChI=1S/C19H37N3O2/c1-14(2)20-8-15(9-20)17(3,4)21-10-16(11-21)24-18(5,6)22-12-19(7,23)13-22/h14-16,23H,8-13H2,1-7H3. The normalized spacial score (nSPS) is 27.9. The Morgan fingerprint density at radius 1 is 1.00 bits per heavy atom. The molecule has 0 radical (unpaired) electrons. The summed E-state index contributed by atoms with van der Waals surface area (Å²) in [6.45, 7) is 21.4. The third-order valence-electron chi connectivity index (χ3n) is 6.58. The molecule has 0 amide bonds. The zero-order valence-electron chi connectivity index (χ0n) is 16.7. The smallest absolute Gasteiger partial charge is 0.116 e. The highest BCUT2D eigenvalue weighted by Crippen LogP contribution is 2.38. The number of likely N-dealkylation sites (tertiary alicyclic amines) is 3. The first kappa shape index (κ1) is 18.6.